The Kier molecular flexibility index (Phi) is 2.18. The molecule has 74 valence electrons. The van der Waals surface area contributed by atoms with E-state index >= 15 is 0 Å². The van der Waals surface area contributed by atoms with Crippen molar-refractivity contribution in [1.82, 2.24) is 4.90 Å². The van der Waals surface area contributed by atoms with Crippen molar-refractivity contribution in [2.24, 2.45) is 23.7 Å². The van der Waals surface area contributed by atoms with Gasteiger partial charge in [0.15, 0.2) is 0 Å². The van der Waals surface area contributed by atoms with Crippen LogP contribution in [0.5, 0.6) is 0 Å². The van der Waals surface area contributed by atoms with Gasteiger partial charge >= 0.3 is 0 Å². The summed E-state index contributed by atoms with van der Waals surface area (Å²) in [6.45, 7) is 6.70. The lowest BCUT2D eigenvalue weighted by molar-refractivity contribution is -0.120. The third kappa shape index (κ3) is 1.41. The summed E-state index contributed by atoms with van der Waals surface area (Å²) in [5.41, 5.74) is 0. The number of Topliss-reactive ketones (excluding diaryl/α,β-unsaturated/α-hetero) is 1. The first-order valence-corrected chi connectivity index (χ1v) is 5.31. The Morgan fingerprint density at radius 1 is 1.23 bits per heavy atom. The lowest BCUT2D eigenvalue weighted by Crippen LogP contribution is -2.42. The molecule has 0 radical (unpaired) electrons. The summed E-state index contributed by atoms with van der Waals surface area (Å²) in [7, 11) is 2.17. The average Bonchev–Trinajstić information content (AvgIpc) is 2.32. The van der Waals surface area contributed by atoms with E-state index in [4.69, 9.17) is 0 Å². The Morgan fingerprint density at radius 3 is 2.62 bits per heavy atom. The van der Waals surface area contributed by atoms with Crippen LogP contribution in [0.25, 0.3) is 0 Å². The van der Waals surface area contributed by atoms with Gasteiger partial charge in [0.2, 0.25) is 0 Å². The second kappa shape index (κ2) is 3.09. The summed E-state index contributed by atoms with van der Waals surface area (Å²) in [5.74, 6) is 2.84. The summed E-state index contributed by atoms with van der Waals surface area (Å²) < 4.78 is 0. The molecule has 0 N–H and O–H groups in total. The minimum Gasteiger partial charge on any atom is -0.306 e. The predicted octanol–water partition coefficient (Wildman–Crippen LogP) is 1.41. The molecule has 2 aliphatic rings. The molecule has 4 atom stereocenters. The monoisotopic (exact) mass is 181 g/mol. The molecule has 0 spiro atoms. The molecule has 1 saturated heterocycles. The first kappa shape index (κ1) is 9.20. The number of hydrogen-bond donors (Lipinski definition) is 0. The minimum absolute atomic E-state index is 0.315. The van der Waals surface area contributed by atoms with Crippen LogP contribution in [0.1, 0.15) is 20.3 Å². The fraction of sp³-hybridized carbons (Fsp3) is 0.909. The highest BCUT2D eigenvalue weighted by atomic mass is 16.1. The Labute approximate surface area is 80.3 Å². The van der Waals surface area contributed by atoms with Crippen molar-refractivity contribution < 1.29 is 4.79 Å². The zero-order valence-electron chi connectivity index (χ0n) is 8.79. The van der Waals surface area contributed by atoms with Crippen molar-refractivity contribution in [3.05, 3.63) is 0 Å². The van der Waals surface area contributed by atoms with Gasteiger partial charge in [0, 0.05) is 25.4 Å². The highest BCUT2D eigenvalue weighted by molar-refractivity contribution is 5.83. The quantitative estimate of drug-likeness (QED) is 0.563. The van der Waals surface area contributed by atoms with Crippen LogP contribution >= 0.6 is 0 Å². The third-order valence-corrected chi connectivity index (χ3v) is 3.99. The second-order valence-corrected chi connectivity index (χ2v) is 4.99. The standard InChI is InChI=1S/C11H19NO/c1-7-5-12(3)6-10-8(2)11(13)4-9(7)10/h7-10H,4-6H2,1-3H3/t7-,8+,9-,10+/m0/s1. The van der Waals surface area contributed by atoms with Gasteiger partial charge in [-0.3, -0.25) is 4.79 Å². The Balaban J connectivity index is 2.17. The maximum Gasteiger partial charge on any atom is 0.136 e. The number of rotatable bonds is 0. The van der Waals surface area contributed by atoms with Gasteiger partial charge in [0.05, 0.1) is 0 Å². The number of nitrogens with zero attached hydrogens (tertiary/aromatic N) is 1. The molecule has 2 heteroatoms. The molecule has 0 aromatic heterocycles. The highest BCUT2D eigenvalue weighted by Crippen LogP contribution is 2.41. The molecular weight excluding hydrogens is 162 g/mol. The lowest BCUT2D eigenvalue weighted by atomic mass is 9.79. The van der Waals surface area contributed by atoms with Gasteiger partial charge in [0.25, 0.3) is 0 Å². The van der Waals surface area contributed by atoms with Crippen LogP contribution in [0.4, 0.5) is 0 Å². The minimum atomic E-state index is 0.315. The van der Waals surface area contributed by atoms with Crippen LogP contribution in [0.2, 0.25) is 0 Å². The number of hydrogen-bond acceptors (Lipinski definition) is 2. The molecule has 1 aliphatic carbocycles. The molecule has 0 amide bonds. The molecule has 1 aliphatic heterocycles. The number of likely N-dealkylation sites (tertiary alicyclic amines) is 1. The zero-order valence-corrected chi connectivity index (χ0v) is 8.79. The maximum atomic E-state index is 11.6. The molecule has 1 saturated carbocycles. The smallest absolute Gasteiger partial charge is 0.136 e. The molecule has 1 heterocycles. The fourth-order valence-corrected chi connectivity index (χ4v) is 3.16. The van der Waals surface area contributed by atoms with Crippen LogP contribution in [-0.4, -0.2) is 30.8 Å². The summed E-state index contributed by atoms with van der Waals surface area (Å²) in [5, 5.41) is 0. The van der Waals surface area contributed by atoms with Crippen molar-refractivity contribution in [3.63, 3.8) is 0 Å². The number of fused-ring (bicyclic) bond motifs is 1. The molecular formula is C11H19NO. The number of ketones is 1. The maximum absolute atomic E-state index is 11.6. The van der Waals surface area contributed by atoms with Crippen LogP contribution in [0, 0.1) is 23.7 Å². The van der Waals surface area contributed by atoms with E-state index in [2.05, 4.69) is 25.8 Å². The van der Waals surface area contributed by atoms with E-state index in [1.807, 2.05) is 0 Å². The van der Waals surface area contributed by atoms with Gasteiger partial charge in [0.1, 0.15) is 5.78 Å². The van der Waals surface area contributed by atoms with Crippen LogP contribution in [0.3, 0.4) is 0 Å². The molecule has 2 rings (SSSR count). The average molecular weight is 181 g/mol. The highest BCUT2D eigenvalue weighted by Gasteiger charge is 2.44. The van der Waals surface area contributed by atoms with Crippen molar-refractivity contribution in [2.45, 2.75) is 20.3 Å². The Hall–Kier alpha value is -0.370. The van der Waals surface area contributed by atoms with Gasteiger partial charge in [-0.15, -0.1) is 0 Å². The Morgan fingerprint density at radius 2 is 1.92 bits per heavy atom. The van der Waals surface area contributed by atoms with E-state index < -0.39 is 0 Å². The van der Waals surface area contributed by atoms with Crippen molar-refractivity contribution in [2.75, 3.05) is 20.1 Å². The molecule has 0 unspecified atom stereocenters. The second-order valence-electron chi connectivity index (χ2n) is 4.99. The van der Waals surface area contributed by atoms with E-state index in [1.54, 1.807) is 0 Å². The SMILES string of the molecule is C[C@H]1CN(C)C[C@H]2[C@H]1CC(=O)[C@@H]2C. The van der Waals surface area contributed by atoms with Gasteiger partial charge in [-0.05, 0) is 24.8 Å². The normalized spacial score (nSPS) is 46.5. The summed E-state index contributed by atoms with van der Waals surface area (Å²) in [6.07, 6.45) is 0.848. The first-order chi connectivity index (χ1) is 6.09. The van der Waals surface area contributed by atoms with Gasteiger partial charge in [-0.1, -0.05) is 13.8 Å². The van der Waals surface area contributed by atoms with Crippen molar-refractivity contribution in [1.29, 1.82) is 0 Å². The topological polar surface area (TPSA) is 20.3 Å². The van der Waals surface area contributed by atoms with Gasteiger partial charge in [-0.25, -0.2) is 0 Å². The predicted molar refractivity (Wildman–Crippen MR) is 52.4 cm³/mol. The van der Waals surface area contributed by atoms with Crippen LogP contribution < -0.4 is 0 Å². The first-order valence-electron chi connectivity index (χ1n) is 5.31. The number of carbonyl (C=O) groups is 1. The lowest BCUT2D eigenvalue weighted by Gasteiger charge is -2.38. The third-order valence-electron chi connectivity index (χ3n) is 3.99. The van der Waals surface area contributed by atoms with E-state index in [0.717, 1.165) is 13.0 Å². The van der Waals surface area contributed by atoms with E-state index in [1.165, 1.54) is 6.54 Å². The Bertz CT molecular complexity index is 226. The fourth-order valence-electron chi connectivity index (χ4n) is 3.16. The van der Waals surface area contributed by atoms with Crippen molar-refractivity contribution >= 4 is 5.78 Å². The zero-order chi connectivity index (χ0) is 9.59. The van der Waals surface area contributed by atoms with Crippen LogP contribution in [-0.2, 0) is 4.79 Å². The summed E-state index contributed by atoms with van der Waals surface area (Å²) >= 11 is 0. The largest absolute Gasteiger partial charge is 0.306 e. The molecule has 0 aromatic carbocycles. The van der Waals surface area contributed by atoms with Crippen molar-refractivity contribution in [3.8, 4) is 0 Å². The number of carbonyl (C=O) groups excluding carboxylic acids is 1. The van der Waals surface area contributed by atoms with E-state index in [0.29, 0.717) is 29.5 Å². The molecule has 2 fully saturated rings. The molecule has 0 bridgehead atoms. The molecule has 0 aromatic rings. The molecule has 13 heavy (non-hydrogen) atoms. The number of piperidine rings is 1. The van der Waals surface area contributed by atoms with E-state index in [9.17, 15) is 4.79 Å². The van der Waals surface area contributed by atoms with E-state index in [-0.39, 0.29) is 0 Å². The van der Waals surface area contributed by atoms with Gasteiger partial charge in [-0.2, -0.15) is 0 Å². The summed E-state index contributed by atoms with van der Waals surface area (Å²) in [4.78, 5) is 14.0. The summed E-state index contributed by atoms with van der Waals surface area (Å²) in [6, 6.07) is 0. The van der Waals surface area contributed by atoms with Gasteiger partial charge < -0.3 is 4.90 Å². The van der Waals surface area contributed by atoms with Crippen LogP contribution in [0.15, 0.2) is 0 Å². The molecule has 2 nitrogen and oxygen atoms in total.